The number of carboxylic acid groups (broad SMARTS) is 1. The average Bonchev–Trinajstić information content (AvgIpc) is 2.61. The minimum Gasteiger partial charge on any atom is -0.476 e. The van der Waals surface area contributed by atoms with Crippen molar-refractivity contribution in [1.82, 2.24) is 15.0 Å². The van der Waals surface area contributed by atoms with Crippen molar-refractivity contribution in [2.24, 2.45) is 0 Å². The Morgan fingerprint density at radius 2 is 1.75 bits per heavy atom. The summed E-state index contributed by atoms with van der Waals surface area (Å²) >= 11 is 0. The molecule has 0 saturated carbocycles. The lowest BCUT2D eigenvalue weighted by Crippen LogP contribution is -2.14. The maximum atomic E-state index is 14.4. The molecule has 3 aromatic rings. The smallest absolute Gasteiger partial charge is 0.358 e. The first-order valence-electron chi connectivity index (χ1n) is 8.29. The summed E-state index contributed by atoms with van der Waals surface area (Å²) in [6, 6.07) is 5.58. The van der Waals surface area contributed by atoms with E-state index in [-0.39, 0.29) is 28.4 Å². The third-order valence-electron chi connectivity index (χ3n) is 4.09. The zero-order valence-corrected chi connectivity index (χ0v) is 15.0. The Labute approximate surface area is 157 Å². The molecule has 0 unspecified atom stereocenters. The van der Waals surface area contributed by atoms with Crippen LogP contribution < -0.4 is 11.3 Å². The van der Waals surface area contributed by atoms with E-state index in [1.807, 2.05) is 13.8 Å². The molecule has 0 aliphatic rings. The summed E-state index contributed by atoms with van der Waals surface area (Å²) in [5.74, 6) is -3.67. The maximum Gasteiger partial charge on any atom is 0.358 e. The minimum absolute atomic E-state index is 0.0112. The zero-order valence-electron chi connectivity index (χ0n) is 15.0. The number of H-pyrrole nitrogens is 1. The highest BCUT2D eigenvalue weighted by molar-refractivity contribution is 5.93. The molecule has 0 aliphatic carbocycles. The summed E-state index contributed by atoms with van der Waals surface area (Å²) in [6.07, 6.45) is 0. The fraction of sp³-hybridized carbons (Fsp3) is 0.158. The molecule has 0 spiro atoms. The van der Waals surface area contributed by atoms with Crippen molar-refractivity contribution in [2.45, 2.75) is 19.8 Å². The number of anilines is 1. The summed E-state index contributed by atoms with van der Waals surface area (Å²) in [6.45, 7) is 3.63. The summed E-state index contributed by atoms with van der Waals surface area (Å²) < 4.78 is 27.8. The van der Waals surface area contributed by atoms with E-state index < -0.39 is 29.1 Å². The minimum atomic E-state index is -1.41. The van der Waals surface area contributed by atoms with Crippen molar-refractivity contribution < 1.29 is 18.7 Å². The summed E-state index contributed by atoms with van der Waals surface area (Å²) in [5.41, 5.74) is 5.51. The van der Waals surface area contributed by atoms with Gasteiger partial charge in [0.15, 0.2) is 11.5 Å². The molecule has 28 heavy (non-hydrogen) atoms. The number of aromatic amines is 1. The Kier molecular flexibility index (Phi) is 4.91. The van der Waals surface area contributed by atoms with Gasteiger partial charge in [-0.3, -0.25) is 4.79 Å². The van der Waals surface area contributed by atoms with Gasteiger partial charge >= 0.3 is 5.97 Å². The van der Waals surface area contributed by atoms with Crippen molar-refractivity contribution in [3.63, 3.8) is 0 Å². The monoisotopic (exact) mass is 386 g/mol. The van der Waals surface area contributed by atoms with Gasteiger partial charge in [0, 0.05) is 29.0 Å². The molecule has 2 heterocycles. The van der Waals surface area contributed by atoms with E-state index in [9.17, 15) is 23.5 Å². The third kappa shape index (κ3) is 3.46. The molecular weight excluding hydrogens is 370 g/mol. The highest BCUT2D eigenvalue weighted by Gasteiger charge is 2.23. The van der Waals surface area contributed by atoms with Crippen LogP contribution in [0.2, 0.25) is 0 Å². The SMILES string of the molecule is CC(C)c1[nH]c(=O)ccc1-c1nc(C(=O)O)c(N)nc1-c1ccc(F)cc1F. The van der Waals surface area contributed by atoms with E-state index in [0.29, 0.717) is 17.3 Å². The number of aromatic nitrogens is 3. The van der Waals surface area contributed by atoms with Gasteiger partial charge in [0.1, 0.15) is 17.3 Å². The fourth-order valence-corrected chi connectivity index (χ4v) is 2.82. The van der Waals surface area contributed by atoms with Gasteiger partial charge < -0.3 is 15.8 Å². The molecule has 0 radical (unpaired) electrons. The van der Waals surface area contributed by atoms with Crippen molar-refractivity contribution in [2.75, 3.05) is 5.73 Å². The molecule has 1 aromatic carbocycles. The largest absolute Gasteiger partial charge is 0.476 e. The Bertz CT molecular complexity index is 1140. The first-order valence-corrected chi connectivity index (χ1v) is 8.29. The van der Waals surface area contributed by atoms with Crippen LogP contribution >= 0.6 is 0 Å². The number of nitrogens with two attached hydrogens (primary N) is 1. The number of carbonyl (C=O) groups is 1. The standard InChI is InChI=1S/C19H16F2N4O3/c1-8(2)14-11(5-6-13(26)23-14)16-15(10-4-3-9(20)7-12(10)21)25-18(22)17(24-16)19(27)28/h3-8H,1-2H3,(H2,22,25)(H,23,26)(H,27,28). The Balaban J connectivity index is 2.41. The Morgan fingerprint density at radius 3 is 2.36 bits per heavy atom. The van der Waals surface area contributed by atoms with Crippen LogP contribution in [0, 0.1) is 11.6 Å². The van der Waals surface area contributed by atoms with Gasteiger partial charge in [-0.1, -0.05) is 13.8 Å². The number of pyridine rings is 1. The van der Waals surface area contributed by atoms with E-state index in [1.54, 1.807) is 0 Å². The molecular formula is C19H16F2N4O3. The number of nitrogens with one attached hydrogen (secondary N) is 1. The number of halogens is 2. The van der Waals surface area contributed by atoms with Crippen LogP contribution in [-0.2, 0) is 0 Å². The molecule has 0 bridgehead atoms. The quantitative estimate of drug-likeness (QED) is 0.633. The number of carboxylic acids is 1. The first kappa shape index (κ1) is 19.2. The normalized spacial score (nSPS) is 11.0. The van der Waals surface area contributed by atoms with E-state index in [0.717, 1.165) is 6.07 Å². The zero-order chi connectivity index (χ0) is 20.6. The second kappa shape index (κ2) is 7.18. The number of benzene rings is 1. The van der Waals surface area contributed by atoms with Crippen molar-refractivity contribution in [1.29, 1.82) is 0 Å². The predicted octanol–water partition coefficient (Wildman–Crippen LogP) is 3.18. The molecule has 0 fully saturated rings. The molecule has 144 valence electrons. The lowest BCUT2D eigenvalue weighted by Gasteiger charge is -2.16. The molecule has 0 aliphatic heterocycles. The number of hydrogen-bond acceptors (Lipinski definition) is 5. The van der Waals surface area contributed by atoms with Crippen molar-refractivity contribution in [3.8, 4) is 22.5 Å². The van der Waals surface area contributed by atoms with Gasteiger partial charge in [0.25, 0.3) is 0 Å². The van der Waals surface area contributed by atoms with Crippen molar-refractivity contribution in [3.05, 3.63) is 63.7 Å². The number of aromatic carboxylic acids is 1. The lowest BCUT2D eigenvalue weighted by atomic mass is 9.97. The highest BCUT2D eigenvalue weighted by Crippen LogP contribution is 2.35. The van der Waals surface area contributed by atoms with Gasteiger partial charge in [-0.25, -0.2) is 23.5 Å². The number of nitrogens with zero attached hydrogens (tertiary/aromatic N) is 2. The Morgan fingerprint density at radius 1 is 1.11 bits per heavy atom. The number of rotatable bonds is 4. The number of hydrogen-bond donors (Lipinski definition) is 3. The van der Waals surface area contributed by atoms with Crippen LogP contribution in [0.5, 0.6) is 0 Å². The summed E-state index contributed by atoms with van der Waals surface area (Å²) in [7, 11) is 0. The van der Waals surface area contributed by atoms with Crippen LogP contribution in [0.1, 0.15) is 35.9 Å². The molecule has 0 amide bonds. The van der Waals surface area contributed by atoms with Gasteiger partial charge in [-0.2, -0.15) is 0 Å². The summed E-state index contributed by atoms with van der Waals surface area (Å²) in [5, 5.41) is 9.35. The molecule has 0 saturated heterocycles. The predicted molar refractivity (Wildman–Crippen MR) is 98.9 cm³/mol. The molecule has 2 aromatic heterocycles. The molecule has 7 nitrogen and oxygen atoms in total. The topological polar surface area (TPSA) is 122 Å². The van der Waals surface area contributed by atoms with Crippen LogP contribution in [-0.4, -0.2) is 26.0 Å². The summed E-state index contributed by atoms with van der Waals surface area (Å²) in [4.78, 5) is 34.0. The molecule has 4 N–H and O–H groups in total. The molecule has 3 rings (SSSR count). The van der Waals surface area contributed by atoms with Gasteiger partial charge in [0.2, 0.25) is 5.56 Å². The van der Waals surface area contributed by atoms with Crippen LogP contribution in [0.3, 0.4) is 0 Å². The van der Waals surface area contributed by atoms with E-state index in [4.69, 9.17) is 5.73 Å². The van der Waals surface area contributed by atoms with Gasteiger partial charge in [0.05, 0.1) is 5.69 Å². The van der Waals surface area contributed by atoms with Crippen LogP contribution in [0.15, 0.2) is 35.1 Å². The Hall–Kier alpha value is -3.62. The average molecular weight is 386 g/mol. The second-order valence-corrected chi connectivity index (χ2v) is 6.39. The van der Waals surface area contributed by atoms with E-state index in [2.05, 4.69) is 15.0 Å². The van der Waals surface area contributed by atoms with Gasteiger partial charge in [-0.05, 0) is 24.1 Å². The van der Waals surface area contributed by atoms with E-state index in [1.165, 1.54) is 18.2 Å². The first-order chi connectivity index (χ1) is 13.2. The highest BCUT2D eigenvalue weighted by atomic mass is 19.1. The maximum absolute atomic E-state index is 14.4. The third-order valence-corrected chi connectivity index (χ3v) is 4.09. The second-order valence-electron chi connectivity index (χ2n) is 6.39. The van der Waals surface area contributed by atoms with Crippen LogP contribution in [0.25, 0.3) is 22.5 Å². The molecule has 9 heteroatoms. The van der Waals surface area contributed by atoms with Gasteiger partial charge in [-0.15, -0.1) is 0 Å². The lowest BCUT2D eigenvalue weighted by molar-refractivity contribution is 0.0691. The number of nitrogen functional groups attached to an aromatic ring is 1. The van der Waals surface area contributed by atoms with Crippen LogP contribution in [0.4, 0.5) is 14.6 Å². The fourth-order valence-electron chi connectivity index (χ4n) is 2.82. The molecule has 0 atom stereocenters. The van der Waals surface area contributed by atoms with E-state index >= 15 is 0 Å². The van der Waals surface area contributed by atoms with Crippen molar-refractivity contribution >= 4 is 11.8 Å².